The second-order valence-electron chi connectivity index (χ2n) is 7.17. The van der Waals surface area contributed by atoms with Gasteiger partial charge in [-0.05, 0) is 17.7 Å². The van der Waals surface area contributed by atoms with E-state index in [0.717, 1.165) is 16.8 Å². The molecule has 0 aliphatic carbocycles. The number of aliphatic hydroxyl groups excluding tert-OH is 1. The summed E-state index contributed by atoms with van der Waals surface area (Å²) >= 11 is 0. The van der Waals surface area contributed by atoms with Gasteiger partial charge in [-0.25, -0.2) is 0 Å². The van der Waals surface area contributed by atoms with Crippen LogP contribution in [0.1, 0.15) is 49.9 Å². The SMILES string of the molecule is CC(C)(C)c1[nH]nc2c1C(c1cccc(OCCO)c1)CC(=O)N2.O=CO. The summed E-state index contributed by atoms with van der Waals surface area (Å²) in [6, 6.07) is 7.69. The van der Waals surface area contributed by atoms with Gasteiger partial charge in [-0.1, -0.05) is 32.9 Å². The zero-order chi connectivity index (χ0) is 20.0. The molecule has 1 atom stereocenters. The minimum atomic E-state index is -0.250. The lowest BCUT2D eigenvalue weighted by atomic mass is 9.79. The Morgan fingerprint density at radius 3 is 2.70 bits per heavy atom. The number of H-pyrrole nitrogens is 1. The molecule has 27 heavy (non-hydrogen) atoms. The molecule has 1 unspecified atom stereocenters. The average molecular weight is 375 g/mol. The second kappa shape index (κ2) is 8.68. The first kappa shape index (κ1) is 20.4. The largest absolute Gasteiger partial charge is 0.491 e. The molecule has 1 aliphatic heterocycles. The molecule has 2 heterocycles. The van der Waals surface area contributed by atoms with Crippen LogP contribution in [0.5, 0.6) is 5.75 Å². The van der Waals surface area contributed by atoms with Crippen molar-refractivity contribution in [3.05, 3.63) is 41.1 Å². The van der Waals surface area contributed by atoms with E-state index in [9.17, 15) is 4.79 Å². The van der Waals surface area contributed by atoms with Gasteiger partial charge >= 0.3 is 0 Å². The molecule has 0 bridgehead atoms. The number of hydrogen-bond donors (Lipinski definition) is 4. The summed E-state index contributed by atoms with van der Waals surface area (Å²) in [5.74, 6) is 1.19. The minimum absolute atomic E-state index is 0.0316. The number of rotatable bonds is 4. The molecular formula is C19H25N3O5. The summed E-state index contributed by atoms with van der Waals surface area (Å²) in [4.78, 5) is 20.5. The van der Waals surface area contributed by atoms with Crippen LogP contribution in [-0.4, -0.2) is 46.0 Å². The van der Waals surface area contributed by atoms with Crippen molar-refractivity contribution < 1.29 is 24.5 Å². The van der Waals surface area contributed by atoms with Crippen molar-refractivity contribution in [1.82, 2.24) is 10.2 Å². The molecular weight excluding hydrogens is 350 g/mol. The first-order valence-electron chi connectivity index (χ1n) is 8.61. The zero-order valence-corrected chi connectivity index (χ0v) is 15.7. The monoisotopic (exact) mass is 375 g/mol. The van der Waals surface area contributed by atoms with Crippen LogP contribution in [0, 0.1) is 0 Å². The molecule has 4 N–H and O–H groups in total. The van der Waals surface area contributed by atoms with Crippen molar-refractivity contribution in [2.45, 2.75) is 38.5 Å². The molecule has 0 spiro atoms. The Kier molecular flexibility index (Phi) is 6.57. The Balaban J connectivity index is 0.000000817. The van der Waals surface area contributed by atoms with Gasteiger partial charge in [-0.3, -0.25) is 14.7 Å². The molecule has 0 saturated carbocycles. The predicted octanol–water partition coefficient (Wildman–Crippen LogP) is 2.25. The van der Waals surface area contributed by atoms with E-state index in [0.29, 0.717) is 18.0 Å². The highest BCUT2D eigenvalue weighted by Gasteiger charge is 2.35. The van der Waals surface area contributed by atoms with Gasteiger partial charge in [0, 0.05) is 29.0 Å². The lowest BCUT2D eigenvalue weighted by Crippen LogP contribution is -2.25. The third kappa shape index (κ3) is 4.85. The number of aliphatic hydroxyl groups is 1. The maximum atomic E-state index is 12.1. The van der Waals surface area contributed by atoms with Crippen LogP contribution in [0.15, 0.2) is 24.3 Å². The molecule has 1 aromatic carbocycles. The highest BCUT2D eigenvalue weighted by Crippen LogP contribution is 2.42. The number of nitrogens with zero attached hydrogens (tertiary/aromatic N) is 1. The molecule has 2 aromatic rings. The van der Waals surface area contributed by atoms with E-state index >= 15 is 0 Å². The Labute approximate surface area is 157 Å². The maximum absolute atomic E-state index is 12.1. The number of hydrogen-bond acceptors (Lipinski definition) is 5. The number of fused-ring (bicyclic) bond motifs is 1. The van der Waals surface area contributed by atoms with E-state index in [1.807, 2.05) is 24.3 Å². The number of amides is 1. The van der Waals surface area contributed by atoms with Gasteiger partial charge in [0.1, 0.15) is 12.4 Å². The Hall–Kier alpha value is -2.87. The molecule has 1 aliphatic rings. The highest BCUT2D eigenvalue weighted by molar-refractivity contribution is 5.94. The summed E-state index contributed by atoms with van der Waals surface area (Å²) in [5.41, 5.74) is 2.98. The number of ether oxygens (including phenoxy) is 1. The number of carboxylic acid groups (broad SMARTS) is 1. The fourth-order valence-electron chi connectivity index (χ4n) is 3.10. The van der Waals surface area contributed by atoms with E-state index in [-0.39, 0.29) is 36.9 Å². The lowest BCUT2D eigenvalue weighted by Gasteiger charge is -2.27. The fraction of sp³-hybridized carbons (Fsp3) is 0.421. The summed E-state index contributed by atoms with van der Waals surface area (Å²) < 4.78 is 5.51. The van der Waals surface area contributed by atoms with Crippen molar-refractivity contribution in [2.24, 2.45) is 0 Å². The number of aromatic amines is 1. The Bertz CT molecular complexity index is 795. The summed E-state index contributed by atoms with van der Waals surface area (Å²) in [6.07, 6.45) is 0.374. The van der Waals surface area contributed by atoms with Crippen LogP contribution < -0.4 is 10.1 Å². The van der Waals surface area contributed by atoms with Gasteiger partial charge in [-0.15, -0.1) is 0 Å². The lowest BCUT2D eigenvalue weighted by molar-refractivity contribution is -0.123. The number of nitrogens with one attached hydrogen (secondary N) is 2. The number of benzene rings is 1. The zero-order valence-electron chi connectivity index (χ0n) is 15.7. The van der Waals surface area contributed by atoms with E-state index in [1.165, 1.54) is 0 Å². The van der Waals surface area contributed by atoms with Gasteiger partial charge < -0.3 is 20.3 Å². The average Bonchev–Trinajstić information content (AvgIpc) is 3.04. The Morgan fingerprint density at radius 2 is 2.07 bits per heavy atom. The van der Waals surface area contributed by atoms with Crippen LogP contribution in [0.3, 0.4) is 0 Å². The molecule has 1 amide bonds. The number of carbonyl (C=O) groups excluding carboxylic acids is 1. The molecule has 146 valence electrons. The predicted molar refractivity (Wildman–Crippen MR) is 100 cm³/mol. The highest BCUT2D eigenvalue weighted by atomic mass is 16.5. The van der Waals surface area contributed by atoms with Crippen molar-refractivity contribution in [1.29, 1.82) is 0 Å². The molecule has 8 nitrogen and oxygen atoms in total. The minimum Gasteiger partial charge on any atom is -0.491 e. The van der Waals surface area contributed by atoms with E-state index in [4.69, 9.17) is 19.7 Å². The van der Waals surface area contributed by atoms with Crippen LogP contribution in [-0.2, 0) is 15.0 Å². The number of carbonyl (C=O) groups is 2. The van der Waals surface area contributed by atoms with E-state index in [2.05, 4.69) is 36.3 Å². The van der Waals surface area contributed by atoms with E-state index in [1.54, 1.807) is 0 Å². The fourth-order valence-corrected chi connectivity index (χ4v) is 3.10. The third-order valence-corrected chi connectivity index (χ3v) is 4.17. The van der Waals surface area contributed by atoms with Crippen LogP contribution in [0.2, 0.25) is 0 Å². The molecule has 0 radical (unpaired) electrons. The molecule has 3 rings (SSSR count). The maximum Gasteiger partial charge on any atom is 0.290 e. The summed E-state index contributed by atoms with van der Waals surface area (Å²) in [7, 11) is 0. The van der Waals surface area contributed by atoms with Gasteiger partial charge in [0.15, 0.2) is 5.82 Å². The standard InChI is InChI=1S/C18H23N3O3.CH2O2/c1-18(2,3)16-15-13(10-14(23)19-17(15)21-20-16)11-5-4-6-12(9-11)24-8-7-22;2-1-3/h4-6,9,13,22H,7-8,10H2,1-3H3,(H2,19,20,21,23);1H,(H,2,3). The van der Waals surface area contributed by atoms with E-state index < -0.39 is 0 Å². The third-order valence-electron chi connectivity index (χ3n) is 4.17. The van der Waals surface area contributed by atoms with Crippen LogP contribution in [0.25, 0.3) is 0 Å². The molecule has 0 saturated heterocycles. The second-order valence-corrected chi connectivity index (χ2v) is 7.17. The number of aromatic nitrogens is 2. The van der Waals surface area contributed by atoms with Crippen LogP contribution in [0.4, 0.5) is 5.82 Å². The van der Waals surface area contributed by atoms with Gasteiger partial charge in [-0.2, -0.15) is 5.10 Å². The van der Waals surface area contributed by atoms with Crippen molar-refractivity contribution in [3.8, 4) is 5.75 Å². The summed E-state index contributed by atoms with van der Waals surface area (Å²) in [6.45, 7) is 6.33. The molecule has 1 aromatic heterocycles. The Morgan fingerprint density at radius 1 is 1.37 bits per heavy atom. The quantitative estimate of drug-likeness (QED) is 0.608. The van der Waals surface area contributed by atoms with Crippen molar-refractivity contribution in [3.63, 3.8) is 0 Å². The van der Waals surface area contributed by atoms with Gasteiger partial charge in [0.2, 0.25) is 5.91 Å². The first-order chi connectivity index (χ1) is 12.8. The van der Waals surface area contributed by atoms with Crippen molar-refractivity contribution in [2.75, 3.05) is 18.5 Å². The first-order valence-corrected chi connectivity index (χ1v) is 8.61. The normalized spacial score (nSPS) is 15.9. The molecule has 8 heteroatoms. The van der Waals surface area contributed by atoms with Gasteiger partial charge in [0.05, 0.1) is 6.61 Å². The van der Waals surface area contributed by atoms with Crippen LogP contribution >= 0.6 is 0 Å². The molecule has 0 fully saturated rings. The topological polar surface area (TPSA) is 125 Å². The van der Waals surface area contributed by atoms with Gasteiger partial charge in [0.25, 0.3) is 6.47 Å². The summed E-state index contributed by atoms with van der Waals surface area (Å²) in [5, 5.41) is 26.1. The van der Waals surface area contributed by atoms with Crippen molar-refractivity contribution >= 4 is 18.2 Å². The number of anilines is 1. The smallest absolute Gasteiger partial charge is 0.290 e.